The average molecular weight is 249 g/mol. The van der Waals surface area contributed by atoms with E-state index < -0.39 is 0 Å². The van der Waals surface area contributed by atoms with Gasteiger partial charge in [-0.25, -0.2) is 0 Å². The zero-order valence-electron chi connectivity index (χ0n) is 11.5. The number of hydrogen-bond acceptors (Lipinski definition) is 1. The minimum Gasteiger partial charge on any atom is -0.355 e. The molecule has 0 saturated carbocycles. The maximum absolute atomic E-state index is 3.70. The number of hydrogen-bond donors (Lipinski definition) is 1. The summed E-state index contributed by atoms with van der Waals surface area (Å²) in [5.41, 5.74) is 3.48. The van der Waals surface area contributed by atoms with Crippen LogP contribution in [0.2, 0.25) is 0 Å². The topological polar surface area (TPSA) is 12.0 Å². The lowest BCUT2D eigenvalue weighted by Crippen LogP contribution is -1.98. The van der Waals surface area contributed by atoms with Crippen molar-refractivity contribution >= 4 is 16.5 Å². The van der Waals surface area contributed by atoms with Crippen molar-refractivity contribution in [3.8, 4) is 0 Å². The van der Waals surface area contributed by atoms with E-state index in [1.54, 1.807) is 6.08 Å². The quantitative estimate of drug-likeness (QED) is 0.734. The Morgan fingerprint density at radius 3 is 2.58 bits per heavy atom. The first-order chi connectivity index (χ1) is 9.26. The fourth-order valence-corrected chi connectivity index (χ4v) is 2.17. The Morgan fingerprint density at radius 2 is 1.89 bits per heavy atom. The Morgan fingerprint density at radius 1 is 1.16 bits per heavy atom. The molecule has 2 aromatic rings. The van der Waals surface area contributed by atoms with Crippen LogP contribution < -0.4 is 5.32 Å². The van der Waals surface area contributed by atoms with Crippen molar-refractivity contribution in [3.05, 3.63) is 78.5 Å². The summed E-state index contributed by atoms with van der Waals surface area (Å²) < 4.78 is 0. The average Bonchev–Trinajstić information content (AvgIpc) is 2.43. The molecule has 0 bridgehead atoms. The molecular weight excluding hydrogens is 230 g/mol. The summed E-state index contributed by atoms with van der Waals surface area (Å²) in [4.78, 5) is 0. The van der Waals surface area contributed by atoms with Crippen molar-refractivity contribution in [2.75, 3.05) is 5.32 Å². The molecule has 0 aliphatic heterocycles. The van der Waals surface area contributed by atoms with Gasteiger partial charge in [-0.05, 0) is 36.9 Å². The first kappa shape index (κ1) is 13.2. The van der Waals surface area contributed by atoms with Crippen molar-refractivity contribution in [1.29, 1.82) is 0 Å². The number of benzene rings is 2. The van der Waals surface area contributed by atoms with E-state index in [1.165, 1.54) is 16.3 Å². The molecule has 0 aromatic heterocycles. The molecule has 0 fully saturated rings. The van der Waals surface area contributed by atoms with Crippen molar-refractivity contribution in [2.45, 2.75) is 13.8 Å². The summed E-state index contributed by atoms with van der Waals surface area (Å²) >= 11 is 0. The molecule has 2 aromatic carbocycles. The van der Waals surface area contributed by atoms with E-state index in [1.807, 2.05) is 19.1 Å². The van der Waals surface area contributed by atoms with Crippen LogP contribution >= 0.6 is 0 Å². The maximum Gasteiger partial charge on any atom is 0.0466 e. The van der Waals surface area contributed by atoms with Gasteiger partial charge in [0.25, 0.3) is 0 Å². The molecule has 0 aliphatic carbocycles. The number of aryl methyl sites for hydroxylation is 1. The summed E-state index contributed by atoms with van der Waals surface area (Å²) in [6.07, 6.45) is 7.78. The summed E-state index contributed by atoms with van der Waals surface area (Å²) in [5.74, 6) is 0. The molecule has 1 N–H and O–H groups in total. The number of fused-ring (bicyclic) bond motifs is 1. The second-order valence-corrected chi connectivity index (χ2v) is 4.44. The van der Waals surface area contributed by atoms with E-state index in [0.29, 0.717) is 0 Å². The van der Waals surface area contributed by atoms with Crippen LogP contribution in [0.1, 0.15) is 12.5 Å². The lowest BCUT2D eigenvalue weighted by atomic mass is 10.0. The lowest BCUT2D eigenvalue weighted by Gasteiger charge is -2.12. The van der Waals surface area contributed by atoms with Gasteiger partial charge in [0.05, 0.1) is 0 Å². The van der Waals surface area contributed by atoms with Gasteiger partial charge in [-0.15, -0.1) is 0 Å². The van der Waals surface area contributed by atoms with E-state index in [4.69, 9.17) is 0 Å². The number of allylic oxidation sites excluding steroid dienone is 4. The van der Waals surface area contributed by atoms with Gasteiger partial charge in [0.15, 0.2) is 0 Å². The third kappa shape index (κ3) is 2.94. The SMILES string of the molecule is C=C/C=C\C(=C/C)Nc1cccc2cccc(C)c12. The van der Waals surface area contributed by atoms with Crippen molar-refractivity contribution < 1.29 is 0 Å². The lowest BCUT2D eigenvalue weighted by molar-refractivity contribution is 1.44. The van der Waals surface area contributed by atoms with Gasteiger partial charge in [-0.1, -0.05) is 55.1 Å². The monoisotopic (exact) mass is 249 g/mol. The van der Waals surface area contributed by atoms with Crippen LogP contribution in [0, 0.1) is 6.92 Å². The highest BCUT2D eigenvalue weighted by Crippen LogP contribution is 2.27. The van der Waals surface area contributed by atoms with Gasteiger partial charge in [0.2, 0.25) is 0 Å². The van der Waals surface area contributed by atoms with E-state index in [0.717, 1.165) is 11.4 Å². The van der Waals surface area contributed by atoms with Crippen LogP contribution in [0.25, 0.3) is 10.8 Å². The Hall–Kier alpha value is -2.28. The van der Waals surface area contributed by atoms with Crippen LogP contribution in [-0.4, -0.2) is 0 Å². The first-order valence-electron chi connectivity index (χ1n) is 6.47. The summed E-state index contributed by atoms with van der Waals surface area (Å²) in [7, 11) is 0. The van der Waals surface area contributed by atoms with Crippen LogP contribution in [0.15, 0.2) is 73.0 Å². The third-order valence-electron chi connectivity index (χ3n) is 3.11. The molecule has 96 valence electrons. The van der Waals surface area contributed by atoms with Crippen LogP contribution in [-0.2, 0) is 0 Å². The second kappa shape index (κ2) is 6.05. The van der Waals surface area contributed by atoms with Gasteiger partial charge in [-0.3, -0.25) is 0 Å². The maximum atomic E-state index is 3.70. The fraction of sp³-hybridized carbons (Fsp3) is 0.111. The molecule has 0 unspecified atom stereocenters. The molecule has 0 radical (unpaired) electrons. The van der Waals surface area contributed by atoms with Crippen LogP contribution in [0.5, 0.6) is 0 Å². The van der Waals surface area contributed by atoms with Gasteiger partial charge in [0, 0.05) is 16.8 Å². The van der Waals surface area contributed by atoms with Crippen LogP contribution in [0.4, 0.5) is 5.69 Å². The minimum atomic E-state index is 1.07. The van der Waals surface area contributed by atoms with E-state index >= 15 is 0 Å². The molecule has 2 rings (SSSR count). The van der Waals surface area contributed by atoms with Gasteiger partial charge < -0.3 is 5.32 Å². The molecule has 0 atom stereocenters. The summed E-state index contributed by atoms with van der Waals surface area (Å²) in [5, 5.41) is 6.01. The molecule has 1 heteroatoms. The molecule has 0 aliphatic rings. The normalized spacial score (nSPS) is 12.0. The standard InChI is InChI=1S/C18H19N/c1-4-6-12-16(5-2)19-17-13-8-11-15-10-7-9-14(3)18(15)17/h4-13,19H,1H2,2-3H3/b12-6-,16-5+. The first-order valence-corrected chi connectivity index (χ1v) is 6.47. The zero-order valence-corrected chi connectivity index (χ0v) is 11.5. The van der Waals surface area contributed by atoms with Crippen molar-refractivity contribution in [2.24, 2.45) is 0 Å². The van der Waals surface area contributed by atoms with Crippen molar-refractivity contribution in [1.82, 2.24) is 0 Å². The smallest absolute Gasteiger partial charge is 0.0466 e. The molecule has 19 heavy (non-hydrogen) atoms. The molecule has 0 amide bonds. The Balaban J connectivity index is 2.46. The molecule has 0 heterocycles. The Bertz CT molecular complexity index is 643. The van der Waals surface area contributed by atoms with E-state index in [2.05, 4.69) is 61.3 Å². The van der Waals surface area contributed by atoms with Gasteiger partial charge in [-0.2, -0.15) is 0 Å². The zero-order chi connectivity index (χ0) is 13.7. The predicted molar refractivity (Wildman–Crippen MR) is 85.4 cm³/mol. The number of rotatable bonds is 4. The van der Waals surface area contributed by atoms with E-state index in [9.17, 15) is 0 Å². The highest BCUT2D eigenvalue weighted by molar-refractivity contribution is 5.97. The van der Waals surface area contributed by atoms with Gasteiger partial charge in [0.1, 0.15) is 0 Å². The number of anilines is 1. The second-order valence-electron chi connectivity index (χ2n) is 4.44. The summed E-state index contributed by atoms with van der Waals surface area (Å²) in [6, 6.07) is 12.7. The molecule has 1 nitrogen and oxygen atoms in total. The molecule has 0 saturated heterocycles. The summed E-state index contributed by atoms with van der Waals surface area (Å²) in [6.45, 7) is 7.86. The van der Waals surface area contributed by atoms with Crippen molar-refractivity contribution in [3.63, 3.8) is 0 Å². The Kier molecular flexibility index (Phi) is 4.19. The highest BCUT2D eigenvalue weighted by Gasteiger charge is 2.03. The highest BCUT2D eigenvalue weighted by atomic mass is 14.9. The predicted octanol–water partition coefficient (Wildman–Crippen LogP) is 5.21. The largest absolute Gasteiger partial charge is 0.355 e. The third-order valence-corrected chi connectivity index (χ3v) is 3.11. The molecular formula is C18H19N. The minimum absolute atomic E-state index is 1.07. The Labute approximate surface area is 115 Å². The fourth-order valence-electron chi connectivity index (χ4n) is 2.17. The van der Waals surface area contributed by atoms with Gasteiger partial charge >= 0.3 is 0 Å². The van der Waals surface area contributed by atoms with Crippen LogP contribution in [0.3, 0.4) is 0 Å². The molecule has 0 spiro atoms. The van der Waals surface area contributed by atoms with E-state index in [-0.39, 0.29) is 0 Å². The number of nitrogens with one attached hydrogen (secondary N) is 1.